The lowest BCUT2D eigenvalue weighted by molar-refractivity contribution is 0.778. The molecule has 37 valence electrons. The first-order valence-corrected chi connectivity index (χ1v) is 2.17. The van der Waals surface area contributed by atoms with Crippen LogP contribution in [0.25, 0.3) is 0 Å². The first-order valence-electron chi connectivity index (χ1n) is 2.17. The minimum absolute atomic E-state index is 0.549. The molecule has 0 unspecified atom stereocenters. The lowest BCUT2D eigenvalue weighted by Gasteiger charge is -1.91. The van der Waals surface area contributed by atoms with Gasteiger partial charge in [-0.15, -0.1) is 0 Å². The summed E-state index contributed by atoms with van der Waals surface area (Å²) in [5.41, 5.74) is 5.07. The van der Waals surface area contributed by atoms with Crippen molar-refractivity contribution in [2.24, 2.45) is 5.73 Å². The van der Waals surface area contributed by atoms with Gasteiger partial charge in [-0.05, 0) is 6.42 Å². The molecule has 0 aliphatic heterocycles. The Bertz CT molecular complexity index is 17.5. The summed E-state index contributed by atoms with van der Waals surface area (Å²) in [5.74, 6) is 0. The van der Waals surface area contributed by atoms with Crippen LogP contribution in [0.4, 0.5) is 0 Å². The highest BCUT2D eigenvalue weighted by Gasteiger charge is 1.72. The maximum absolute atomic E-state index is 5.07. The molecule has 0 aliphatic rings. The van der Waals surface area contributed by atoms with Gasteiger partial charge in [0.05, 0.1) is 0 Å². The zero-order valence-corrected chi connectivity index (χ0v) is 4.07. The summed E-state index contributed by atoms with van der Waals surface area (Å²) in [7, 11) is 0. The van der Waals surface area contributed by atoms with Crippen molar-refractivity contribution in [2.75, 3.05) is 6.67 Å². The summed E-state index contributed by atoms with van der Waals surface area (Å²) in [6.07, 6.45) is 1.04. The molecular weight excluding hydrogens is 76.1 g/mol. The molecule has 2 nitrogen and oxygen atoms in total. The number of nitrogens with one attached hydrogen (secondary N) is 1. The van der Waals surface area contributed by atoms with Gasteiger partial charge in [-0.25, -0.2) is 0 Å². The molecule has 1 radical (unpaired) electrons. The fourth-order valence-electron chi connectivity index (χ4n) is 0.228. The molecule has 0 bridgehead atoms. The summed E-state index contributed by atoms with van der Waals surface area (Å²) in [5, 5.41) is 2.85. The van der Waals surface area contributed by atoms with Crippen molar-refractivity contribution in [2.45, 2.75) is 13.3 Å². The van der Waals surface area contributed by atoms with E-state index in [1.807, 2.05) is 6.54 Å². The van der Waals surface area contributed by atoms with Crippen LogP contribution in [0.5, 0.6) is 0 Å². The summed E-state index contributed by atoms with van der Waals surface area (Å²) < 4.78 is 0. The molecule has 0 saturated heterocycles. The van der Waals surface area contributed by atoms with Crippen molar-refractivity contribution in [3.05, 3.63) is 6.54 Å². The van der Waals surface area contributed by atoms with Crippen LogP contribution in [-0.4, -0.2) is 6.67 Å². The lowest BCUT2D eigenvalue weighted by Crippen LogP contribution is -2.18. The molecule has 0 aromatic carbocycles. The number of nitrogens with two attached hydrogens (primary N) is 1. The van der Waals surface area contributed by atoms with Gasteiger partial charge in [-0.2, -0.15) is 0 Å². The maximum atomic E-state index is 5.07. The number of hydrogen-bond acceptors (Lipinski definition) is 2. The standard InChI is InChI=1S/C4H11N2/c1-2-3-6-4-5/h3,6H,2,4-5H2,1H3. The van der Waals surface area contributed by atoms with E-state index in [2.05, 4.69) is 12.2 Å². The van der Waals surface area contributed by atoms with Gasteiger partial charge >= 0.3 is 0 Å². The molecule has 0 aromatic rings. The average molecular weight is 87.1 g/mol. The van der Waals surface area contributed by atoms with Crippen molar-refractivity contribution in [3.8, 4) is 0 Å². The summed E-state index contributed by atoms with van der Waals surface area (Å²) >= 11 is 0. The Balaban J connectivity index is 2.34. The van der Waals surface area contributed by atoms with E-state index < -0.39 is 0 Å². The fourth-order valence-corrected chi connectivity index (χ4v) is 0.228. The Morgan fingerprint density at radius 3 is 2.67 bits per heavy atom. The molecule has 0 aliphatic carbocycles. The Kier molecular flexibility index (Phi) is 4.85. The molecule has 0 saturated carbocycles. The molecule has 0 rings (SSSR count). The second-order valence-electron chi connectivity index (χ2n) is 1.02. The molecule has 0 atom stereocenters. The van der Waals surface area contributed by atoms with Crippen molar-refractivity contribution in [1.29, 1.82) is 0 Å². The van der Waals surface area contributed by atoms with Gasteiger partial charge in [-0.3, -0.25) is 0 Å². The topological polar surface area (TPSA) is 38.0 Å². The Labute approximate surface area is 38.7 Å². The Morgan fingerprint density at radius 1 is 1.83 bits per heavy atom. The van der Waals surface area contributed by atoms with Gasteiger partial charge in [0, 0.05) is 13.2 Å². The first-order chi connectivity index (χ1) is 2.91. The molecule has 0 aromatic heterocycles. The number of rotatable bonds is 3. The molecule has 2 heteroatoms. The predicted molar refractivity (Wildman–Crippen MR) is 26.8 cm³/mol. The van der Waals surface area contributed by atoms with E-state index in [1.165, 1.54) is 0 Å². The summed E-state index contributed by atoms with van der Waals surface area (Å²) in [4.78, 5) is 0. The molecular formula is C4H11N2. The lowest BCUT2D eigenvalue weighted by atomic mass is 10.5. The second kappa shape index (κ2) is 4.92. The van der Waals surface area contributed by atoms with Crippen LogP contribution in [0.1, 0.15) is 13.3 Å². The van der Waals surface area contributed by atoms with Gasteiger partial charge in [0.15, 0.2) is 0 Å². The van der Waals surface area contributed by atoms with E-state index in [-0.39, 0.29) is 0 Å². The largest absolute Gasteiger partial charge is 0.318 e. The van der Waals surface area contributed by atoms with Crippen molar-refractivity contribution < 1.29 is 0 Å². The Morgan fingerprint density at radius 2 is 2.50 bits per heavy atom. The first kappa shape index (κ1) is 5.92. The normalized spacial score (nSPS) is 9.00. The SMILES string of the molecule is CC[CH]NCN. The number of hydrogen-bond donors (Lipinski definition) is 2. The molecule has 0 spiro atoms. The fraction of sp³-hybridized carbons (Fsp3) is 0.750. The van der Waals surface area contributed by atoms with E-state index in [0.717, 1.165) is 6.42 Å². The van der Waals surface area contributed by atoms with Crippen LogP contribution in [0, 0.1) is 6.54 Å². The highest BCUT2D eigenvalue weighted by molar-refractivity contribution is 4.53. The van der Waals surface area contributed by atoms with Crippen LogP contribution < -0.4 is 11.1 Å². The van der Waals surface area contributed by atoms with Crippen LogP contribution in [0.3, 0.4) is 0 Å². The van der Waals surface area contributed by atoms with Crippen LogP contribution >= 0.6 is 0 Å². The van der Waals surface area contributed by atoms with Crippen LogP contribution in [0.15, 0.2) is 0 Å². The summed E-state index contributed by atoms with van der Waals surface area (Å²) in [6, 6.07) is 0. The quantitative estimate of drug-likeness (QED) is 0.377. The van der Waals surface area contributed by atoms with E-state index in [4.69, 9.17) is 5.73 Å². The molecule has 3 N–H and O–H groups in total. The second-order valence-corrected chi connectivity index (χ2v) is 1.02. The minimum Gasteiger partial charge on any atom is -0.318 e. The Hall–Kier alpha value is -0.0800. The summed E-state index contributed by atoms with van der Waals surface area (Å²) in [6.45, 7) is 4.54. The van der Waals surface area contributed by atoms with Gasteiger partial charge in [0.25, 0.3) is 0 Å². The van der Waals surface area contributed by atoms with Crippen molar-refractivity contribution >= 4 is 0 Å². The van der Waals surface area contributed by atoms with Crippen molar-refractivity contribution in [1.82, 2.24) is 5.32 Å². The minimum atomic E-state index is 0.549. The maximum Gasteiger partial charge on any atom is 0.0431 e. The third-order valence-electron chi connectivity index (χ3n) is 0.466. The third-order valence-corrected chi connectivity index (χ3v) is 0.466. The van der Waals surface area contributed by atoms with Crippen LogP contribution in [0.2, 0.25) is 0 Å². The highest BCUT2D eigenvalue weighted by Crippen LogP contribution is 1.72. The molecule has 0 fully saturated rings. The van der Waals surface area contributed by atoms with Crippen LogP contribution in [-0.2, 0) is 0 Å². The third kappa shape index (κ3) is 3.92. The van der Waals surface area contributed by atoms with Gasteiger partial charge in [0.2, 0.25) is 0 Å². The monoisotopic (exact) mass is 87.1 g/mol. The zero-order valence-electron chi connectivity index (χ0n) is 4.07. The molecule has 6 heavy (non-hydrogen) atoms. The molecule has 0 amide bonds. The van der Waals surface area contributed by atoms with Gasteiger partial charge in [0.1, 0.15) is 0 Å². The predicted octanol–water partition coefficient (Wildman–Crippen LogP) is 0.0640. The highest BCUT2D eigenvalue weighted by atomic mass is 14.9. The van der Waals surface area contributed by atoms with E-state index in [0.29, 0.717) is 6.67 Å². The van der Waals surface area contributed by atoms with E-state index in [1.54, 1.807) is 0 Å². The van der Waals surface area contributed by atoms with E-state index >= 15 is 0 Å². The van der Waals surface area contributed by atoms with Crippen molar-refractivity contribution in [3.63, 3.8) is 0 Å². The smallest absolute Gasteiger partial charge is 0.0431 e. The van der Waals surface area contributed by atoms with Gasteiger partial charge < -0.3 is 11.1 Å². The average Bonchev–Trinajstić information content (AvgIpc) is 1.61. The van der Waals surface area contributed by atoms with E-state index in [9.17, 15) is 0 Å². The van der Waals surface area contributed by atoms with Gasteiger partial charge in [-0.1, -0.05) is 6.92 Å². The molecule has 0 heterocycles. The zero-order chi connectivity index (χ0) is 4.83.